The second-order valence-corrected chi connectivity index (χ2v) is 7.00. The number of hydrogen-bond acceptors (Lipinski definition) is 2. The Bertz CT molecular complexity index is 737. The van der Waals surface area contributed by atoms with Gasteiger partial charge < -0.3 is 0 Å². The van der Waals surface area contributed by atoms with Crippen molar-refractivity contribution in [1.82, 2.24) is 4.72 Å². The van der Waals surface area contributed by atoms with E-state index in [1.54, 1.807) is 18.2 Å². The first kappa shape index (κ1) is 15.4. The lowest BCUT2D eigenvalue weighted by molar-refractivity contribution is 0.580. The predicted octanol–water partition coefficient (Wildman–Crippen LogP) is 3.72. The smallest absolute Gasteiger partial charge is 0.207 e. The van der Waals surface area contributed by atoms with Crippen LogP contribution in [0.25, 0.3) is 0 Å². The van der Waals surface area contributed by atoms with Gasteiger partial charge in [-0.25, -0.2) is 17.5 Å². The van der Waals surface area contributed by atoms with Crippen molar-refractivity contribution in [3.8, 4) is 0 Å². The first-order valence-electron chi connectivity index (χ1n) is 5.58. The van der Waals surface area contributed by atoms with Gasteiger partial charge in [-0.1, -0.05) is 29.8 Å². The third kappa shape index (κ3) is 3.58. The fourth-order valence-corrected chi connectivity index (χ4v) is 3.79. The molecule has 106 valence electrons. The topological polar surface area (TPSA) is 46.2 Å². The van der Waals surface area contributed by atoms with Crippen LogP contribution in [0.3, 0.4) is 0 Å². The highest BCUT2D eigenvalue weighted by Gasteiger charge is 2.16. The summed E-state index contributed by atoms with van der Waals surface area (Å²) >= 11 is 8.84. The molecular weight excluding hydrogens is 369 g/mol. The molecule has 20 heavy (non-hydrogen) atoms. The Labute approximate surface area is 130 Å². The van der Waals surface area contributed by atoms with Crippen LogP contribution < -0.4 is 4.72 Å². The molecule has 0 heterocycles. The Balaban J connectivity index is 2.17. The molecule has 7 heteroatoms. The molecular formula is C13H10BrClFNO2S. The molecule has 2 aromatic rings. The van der Waals surface area contributed by atoms with Gasteiger partial charge in [-0.05, 0) is 45.8 Å². The third-order valence-electron chi connectivity index (χ3n) is 2.58. The standard InChI is InChI=1S/C13H10BrClFNO2S/c14-10-3-1-2-4-13(10)20(18,19)17-8-9-5-6-12(16)11(15)7-9/h1-7,17H,8H2. The monoisotopic (exact) mass is 377 g/mol. The minimum atomic E-state index is -3.65. The number of sulfonamides is 1. The number of nitrogens with one attached hydrogen (secondary N) is 1. The lowest BCUT2D eigenvalue weighted by Gasteiger charge is -2.08. The zero-order valence-corrected chi connectivity index (χ0v) is 13.3. The number of halogens is 3. The Hall–Kier alpha value is -0.950. The van der Waals surface area contributed by atoms with Crippen molar-refractivity contribution in [2.24, 2.45) is 0 Å². The Morgan fingerprint density at radius 2 is 1.90 bits per heavy atom. The van der Waals surface area contributed by atoms with E-state index in [9.17, 15) is 12.8 Å². The van der Waals surface area contributed by atoms with Crippen LogP contribution in [0, 0.1) is 5.82 Å². The van der Waals surface area contributed by atoms with E-state index in [0.29, 0.717) is 10.0 Å². The maximum atomic E-state index is 13.0. The van der Waals surface area contributed by atoms with E-state index >= 15 is 0 Å². The molecule has 0 bridgehead atoms. The number of benzene rings is 2. The second-order valence-electron chi connectivity index (χ2n) is 4.00. The molecule has 0 unspecified atom stereocenters. The molecule has 0 aliphatic rings. The van der Waals surface area contributed by atoms with Gasteiger partial charge in [0.15, 0.2) is 0 Å². The fraction of sp³-hybridized carbons (Fsp3) is 0.0769. The van der Waals surface area contributed by atoms with Crippen molar-refractivity contribution in [2.75, 3.05) is 0 Å². The zero-order chi connectivity index (χ0) is 14.8. The van der Waals surface area contributed by atoms with E-state index in [2.05, 4.69) is 20.7 Å². The predicted molar refractivity (Wildman–Crippen MR) is 79.6 cm³/mol. The minimum Gasteiger partial charge on any atom is -0.207 e. The molecule has 2 aromatic carbocycles. The maximum absolute atomic E-state index is 13.0. The summed E-state index contributed by atoms with van der Waals surface area (Å²) in [5, 5.41) is -0.0393. The van der Waals surface area contributed by atoms with E-state index in [1.165, 1.54) is 24.3 Å². The summed E-state index contributed by atoms with van der Waals surface area (Å²) < 4.78 is 40.2. The van der Waals surface area contributed by atoms with Gasteiger partial charge in [-0.15, -0.1) is 0 Å². The summed E-state index contributed by atoms with van der Waals surface area (Å²) in [5.41, 5.74) is 0.576. The van der Waals surface area contributed by atoms with Crippen LogP contribution >= 0.6 is 27.5 Å². The van der Waals surface area contributed by atoms with Crippen LogP contribution in [0.2, 0.25) is 5.02 Å². The first-order valence-corrected chi connectivity index (χ1v) is 8.24. The van der Waals surface area contributed by atoms with Crippen LogP contribution in [-0.2, 0) is 16.6 Å². The molecule has 0 aliphatic heterocycles. The minimum absolute atomic E-state index is 0.0314. The van der Waals surface area contributed by atoms with Crippen LogP contribution in [0.5, 0.6) is 0 Å². The Morgan fingerprint density at radius 1 is 1.20 bits per heavy atom. The van der Waals surface area contributed by atoms with E-state index in [-0.39, 0.29) is 16.5 Å². The Morgan fingerprint density at radius 3 is 2.55 bits per heavy atom. The summed E-state index contributed by atoms with van der Waals surface area (Å²) in [5.74, 6) is -0.538. The van der Waals surface area contributed by atoms with Crippen molar-refractivity contribution in [1.29, 1.82) is 0 Å². The normalized spacial score (nSPS) is 11.6. The third-order valence-corrected chi connectivity index (χ3v) is 5.28. The van der Waals surface area contributed by atoms with Crippen molar-refractivity contribution < 1.29 is 12.8 Å². The quantitative estimate of drug-likeness (QED) is 0.881. The molecule has 0 atom stereocenters. The van der Waals surface area contributed by atoms with Gasteiger partial charge in [0, 0.05) is 11.0 Å². The van der Waals surface area contributed by atoms with Gasteiger partial charge in [0.25, 0.3) is 0 Å². The molecule has 0 saturated heterocycles. The summed E-state index contributed by atoms with van der Waals surface area (Å²) in [6, 6.07) is 10.6. The Kier molecular flexibility index (Phi) is 4.80. The lowest BCUT2D eigenvalue weighted by Crippen LogP contribution is -2.23. The van der Waals surface area contributed by atoms with Crippen molar-refractivity contribution >= 4 is 37.6 Å². The number of hydrogen-bond donors (Lipinski definition) is 1. The lowest BCUT2D eigenvalue weighted by atomic mass is 10.2. The van der Waals surface area contributed by atoms with Gasteiger partial charge in [0.05, 0.1) is 9.92 Å². The van der Waals surface area contributed by atoms with Crippen LogP contribution in [0.15, 0.2) is 51.8 Å². The highest BCUT2D eigenvalue weighted by atomic mass is 79.9. The van der Waals surface area contributed by atoms with Crippen LogP contribution in [0.1, 0.15) is 5.56 Å². The van der Waals surface area contributed by atoms with Crippen LogP contribution in [-0.4, -0.2) is 8.42 Å². The van der Waals surface area contributed by atoms with Crippen molar-refractivity contribution in [2.45, 2.75) is 11.4 Å². The number of rotatable bonds is 4. The van der Waals surface area contributed by atoms with Crippen molar-refractivity contribution in [3.05, 3.63) is 63.3 Å². The molecule has 0 saturated carbocycles. The van der Waals surface area contributed by atoms with Gasteiger partial charge in [-0.3, -0.25) is 0 Å². The molecule has 0 aromatic heterocycles. The molecule has 0 fully saturated rings. The average Bonchev–Trinajstić information content (AvgIpc) is 2.40. The van der Waals surface area contributed by atoms with Gasteiger partial charge in [0.1, 0.15) is 5.82 Å². The average molecular weight is 379 g/mol. The largest absolute Gasteiger partial charge is 0.241 e. The second kappa shape index (κ2) is 6.22. The molecule has 0 spiro atoms. The summed E-state index contributed by atoms with van der Waals surface area (Å²) in [6.07, 6.45) is 0. The van der Waals surface area contributed by atoms with E-state index in [4.69, 9.17) is 11.6 Å². The van der Waals surface area contributed by atoms with Gasteiger partial charge in [-0.2, -0.15) is 0 Å². The summed E-state index contributed by atoms with van der Waals surface area (Å²) in [6.45, 7) is 0.0314. The van der Waals surface area contributed by atoms with E-state index in [0.717, 1.165) is 0 Å². The molecule has 2 rings (SSSR count). The van der Waals surface area contributed by atoms with Gasteiger partial charge in [0.2, 0.25) is 10.0 Å². The first-order chi connectivity index (χ1) is 9.40. The van der Waals surface area contributed by atoms with Gasteiger partial charge >= 0.3 is 0 Å². The highest BCUT2D eigenvalue weighted by Crippen LogP contribution is 2.21. The van der Waals surface area contributed by atoms with E-state index < -0.39 is 15.8 Å². The molecule has 0 aliphatic carbocycles. The molecule has 0 amide bonds. The summed E-state index contributed by atoms with van der Waals surface area (Å²) in [4.78, 5) is 0.146. The fourth-order valence-electron chi connectivity index (χ4n) is 1.57. The molecule has 1 N–H and O–H groups in total. The van der Waals surface area contributed by atoms with Crippen LogP contribution in [0.4, 0.5) is 4.39 Å². The SMILES string of the molecule is O=S(=O)(NCc1ccc(F)c(Cl)c1)c1ccccc1Br. The molecule has 0 radical (unpaired) electrons. The zero-order valence-electron chi connectivity index (χ0n) is 10.1. The molecule has 3 nitrogen and oxygen atoms in total. The van der Waals surface area contributed by atoms with Crippen molar-refractivity contribution in [3.63, 3.8) is 0 Å². The summed E-state index contributed by atoms with van der Waals surface area (Å²) in [7, 11) is -3.65. The van der Waals surface area contributed by atoms with E-state index in [1.807, 2.05) is 0 Å². The highest BCUT2D eigenvalue weighted by molar-refractivity contribution is 9.10. The maximum Gasteiger partial charge on any atom is 0.241 e.